The Morgan fingerprint density at radius 2 is 1.45 bits per heavy atom. The first-order valence-corrected chi connectivity index (χ1v) is 5.10. The van der Waals surface area contributed by atoms with Crippen LogP contribution in [0.3, 0.4) is 0 Å². The summed E-state index contributed by atoms with van der Waals surface area (Å²) in [6.07, 6.45) is 0. The molecular formula is C4H16KO4PS. The molecule has 0 aliphatic carbocycles. The van der Waals surface area contributed by atoms with E-state index in [2.05, 4.69) is 13.8 Å². The Hall–Kier alpha value is 2.10. The molecule has 0 bridgehead atoms. The van der Waals surface area contributed by atoms with Crippen LogP contribution in [0, 0.1) is 0 Å². The molecule has 0 rings (SSSR count). The van der Waals surface area contributed by atoms with Gasteiger partial charge in [-0.2, -0.15) is 11.8 Å². The second-order valence-electron chi connectivity index (χ2n) is 1.06. The van der Waals surface area contributed by atoms with Crippen LogP contribution >= 0.6 is 20.0 Å². The summed E-state index contributed by atoms with van der Waals surface area (Å²) in [7, 11) is -3.13. The second-order valence-corrected chi connectivity index (χ2v) is 3.19. The quantitative estimate of drug-likeness (QED) is 0.501. The van der Waals surface area contributed by atoms with Gasteiger partial charge in [0, 0.05) is 0 Å². The predicted octanol–water partition coefficient (Wildman–Crippen LogP) is -0.353. The maximum atomic E-state index is 8.74. The predicted molar refractivity (Wildman–Crippen MR) is 52.9 cm³/mol. The van der Waals surface area contributed by atoms with Gasteiger partial charge in [-0.25, -0.2) is 0 Å². The Morgan fingerprint density at radius 1 is 1.27 bits per heavy atom. The summed E-state index contributed by atoms with van der Waals surface area (Å²) >= 11 is 1.96. The zero-order chi connectivity index (χ0) is 7.70. The zero-order valence-corrected chi connectivity index (χ0v) is 7.94. The van der Waals surface area contributed by atoms with Crippen LogP contribution in [0.2, 0.25) is 0 Å². The summed E-state index contributed by atoms with van der Waals surface area (Å²) < 4.78 is 8.74. The van der Waals surface area contributed by atoms with Crippen molar-refractivity contribution < 1.29 is 19.8 Å². The summed E-state index contributed by atoms with van der Waals surface area (Å²) in [4.78, 5) is 14.3. The van der Waals surface area contributed by atoms with Crippen molar-refractivity contribution >= 4 is 71.4 Å². The SMILES string of the molecule is CCSCC.O.O=[PH](O)O.[KH]. The van der Waals surface area contributed by atoms with Crippen molar-refractivity contribution in [2.75, 3.05) is 11.5 Å². The summed E-state index contributed by atoms with van der Waals surface area (Å²) in [5.41, 5.74) is 0. The topological polar surface area (TPSA) is 89.0 Å². The van der Waals surface area contributed by atoms with Crippen LogP contribution in [0.1, 0.15) is 13.8 Å². The van der Waals surface area contributed by atoms with E-state index in [1.807, 2.05) is 11.8 Å². The van der Waals surface area contributed by atoms with Gasteiger partial charge in [0.05, 0.1) is 0 Å². The Balaban J connectivity index is -0.0000000383. The first kappa shape index (κ1) is 23.2. The minimum atomic E-state index is -3.13. The van der Waals surface area contributed by atoms with E-state index in [1.165, 1.54) is 11.5 Å². The van der Waals surface area contributed by atoms with Gasteiger partial charge in [0.15, 0.2) is 0 Å². The Labute approximate surface area is 115 Å². The maximum absolute atomic E-state index is 8.74. The third-order valence-electron chi connectivity index (χ3n) is 0.408. The Bertz CT molecular complexity index is 69.1. The van der Waals surface area contributed by atoms with E-state index >= 15 is 0 Å². The number of hydrogen-bond acceptors (Lipinski definition) is 2. The van der Waals surface area contributed by atoms with Gasteiger partial charge in [-0.3, -0.25) is 4.57 Å². The molecule has 0 radical (unpaired) electrons. The van der Waals surface area contributed by atoms with Crippen molar-refractivity contribution in [3.05, 3.63) is 0 Å². The third kappa shape index (κ3) is 73.5. The molecule has 4 N–H and O–H groups in total. The molecule has 11 heavy (non-hydrogen) atoms. The van der Waals surface area contributed by atoms with E-state index in [0.29, 0.717) is 0 Å². The van der Waals surface area contributed by atoms with E-state index in [-0.39, 0.29) is 56.9 Å². The van der Waals surface area contributed by atoms with Gasteiger partial charge >= 0.3 is 59.6 Å². The summed E-state index contributed by atoms with van der Waals surface area (Å²) in [5, 5.41) is 0. The monoisotopic (exact) mass is 230 g/mol. The molecule has 7 heteroatoms. The molecule has 0 saturated carbocycles. The summed E-state index contributed by atoms with van der Waals surface area (Å²) in [6.45, 7) is 4.35. The van der Waals surface area contributed by atoms with Crippen LogP contribution in [0.4, 0.5) is 0 Å². The van der Waals surface area contributed by atoms with Gasteiger partial charge in [0.1, 0.15) is 0 Å². The summed E-state index contributed by atoms with van der Waals surface area (Å²) in [5.74, 6) is 2.52. The first-order valence-electron chi connectivity index (χ1n) is 2.64. The van der Waals surface area contributed by atoms with Crippen molar-refractivity contribution in [1.82, 2.24) is 0 Å². The van der Waals surface area contributed by atoms with Crippen LogP contribution < -0.4 is 0 Å². The molecule has 0 aliphatic heterocycles. The van der Waals surface area contributed by atoms with Crippen LogP contribution in [-0.4, -0.2) is 78.2 Å². The number of thioether (sulfide) groups is 1. The third-order valence-corrected chi connectivity index (χ3v) is 1.22. The van der Waals surface area contributed by atoms with Crippen molar-refractivity contribution in [2.45, 2.75) is 13.8 Å². The molecule has 0 aromatic rings. The molecule has 0 fully saturated rings. The van der Waals surface area contributed by atoms with E-state index in [9.17, 15) is 0 Å². The summed E-state index contributed by atoms with van der Waals surface area (Å²) in [6, 6.07) is 0. The first-order chi connectivity index (χ1) is 4.15. The minimum absolute atomic E-state index is 0. The van der Waals surface area contributed by atoms with E-state index in [0.717, 1.165) is 0 Å². The van der Waals surface area contributed by atoms with E-state index in [4.69, 9.17) is 14.4 Å². The molecule has 0 saturated heterocycles. The van der Waals surface area contributed by atoms with Crippen molar-refractivity contribution in [3.8, 4) is 0 Å². The van der Waals surface area contributed by atoms with Gasteiger partial charge in [0.2, 0.25) is 0 Å². The van der Waals surface area contributed by atoms with Gasteiger partial charge < -0.3 is 15.3 Å². The van der Waals surface area contributed by atoms with E-state index < -0.39 is 8.25 Å². The number of rotatable bonds is 2. The van der Waals surface area contributed by atoms with Crippen molar-refractivity contribution in [3.63, 3.8) is 0 Å². The van der Waals surface area contributed by atoms with Crippen LogP contribution in [0.25, 0.3) is 0 Å². The average Bonchev–Trinajstić information content (AvgIpc) is 1.66. The molecule has 0 spiro atoms. The molecule has 0 unspecified atom stereocenters. The van der Waals surface area contributed by atoms with E-state index in [1.54, 1.807) is 0 Å². The molecule has 0 aromatic heterocycles. The van der Waals surface area contributed by atoms with Gasteiger partial charge in [0.25, 0.3) is 0 Å². The van der Waals surface area contributed by atoms with Gasteiger partial charge in [-0.1, -0.05) is 13.8 Å². The fourth-order valence-corrected chi connectivity index (χ4v) is 0.612. The van der Waals surface area contributed by atoms with Crippen molar-refractivity contribution in [1.29, 1.82) is 0 Å². The standard InChI is InChI=1S/C4H10S.K.H3O3P.H2O.H/c1-3-5-4-2;;1-4(2)3;;/h3-4H2,1-2H3;;4H,(H2,1,2,3);1H2;. The van der Waals surface area contributed by atoms with Crippen molar-refractivity contribution in [2.24, 2.45) is 0 Å². The van der Waals surface area contributed by atoms with Gasteiger partial charge in [-0.05, 0) is 11.5 Å². The molecule has 0 heterocycles. The normalized spacial score (nSPS) is 7.00. The molecule has 0 aromatic carbocycles. The number of hydrogen-bond donors (Lipinski definition) is 2. The molecular weight excluding hydrogens is 214 g/mol. The van der Waals surface area contributed by atoms with Crippen LogP contribution in [0.5, 0.6) is 0 Å². The molecule has 4 nitrogen and oxygen atoms in total. The molecule has 0 aliphatic rings. The van der Waals surface area contributed by atoms with Gasteiger partial charge in [-0.15, -0.1) is 0 Å². The fourth-order valence-electron chi connectivity index (χ4n) is 0.204. The van der Waals surface area contributed by atoms with Crippen LogP contribution in [-0.2, 0) is 4.57 Å². The second kappa shape index (κ2) is 22.7. The zero-order valence-electron chi connectivity index (χ0n) is 6.13. The molecule has 0 amide bonds. The average molecular weight is 230 g/mol. The molecule has 0 atom stereocenters. The Morgan fingerprint density at radius 3 is 1.45 bits per heavy atom. The molecule has 68 valence electrons. The fraction of sp³-hybridized carbons (Fsp3) is 1.00. The Kier molecular flexibility index (Phi) is 47.8. The van der Waals surface area contributed by atoms with Crippen LogP contribution in [0.15, 0.2) is 0 Å².